The number of aryl methyl sites for hydroxylation is 1. The Morgan fingerprint density at radius 2 is 2.06 bits per heavy atom. The van der Waals surface area contributed by atoms with Crippen molar-refractivity contribution in [1.29, 1.82) is 0 Å². The summed E-state index contributed by atoms with van der Waals surface area (Å²) in [7, 11) is 1.97. The number of nitrogens with zero attached hydrogens (tertiary/aromatic N) is 2. The number of rotatable bonds is 5. The van der Waals surface area contributed by atoms with Crippen LogP contribution in [0.2, 0.25) is 0 Å². The minimum atomic E-state index is 0.172. The first kappa shape index (κ1) is 12.4. The van der Waals surface area contributed by atoms with Crippen LogP contribution >= 0.6 is 0 Å². The van der Waals surface area contributed by atoms with Crippen LogP contribution in [0.25, 0.3) is 0 Å². The molecule has 18 heavy (non-hydrogen) atoms. The molecule has 2 aromatic rings. The molecule has 0 amide bonds. The summed E-state index contributed by atoms with van der Waals surface area (Å²) >= 11 is 0. The second-order valence-electron chi connectivity index (χ2n) is 4.16. The molecule has 2 rings (SSSR count). The van der Waals surface area contributed by atoms with E-state index in [0.29, 0.717) is 13.0 Å². The van der Waals surface area contributed by atoms with Crippen molar-refractivity contribution in [3.05, 3.63) is 48.0 Å². The standard InChI is InChI=1S/C14H17N3O/c1-3-13(18)11-4-6-12(7-5-11)16-10-14-15-8-9-17(14)2/h4-9,16H,3,10H2,1-2H3. The lowest BCUT2D eigenvalue weighted by Crippen LogP contribution is -2.05. The van der Waals surface area contributed by atoms with Crippen molar-refractivity contribution in [1.82, 2.24) is 9.55 Å². The van der Waals surface area contributed by atoms with Gasteiger partial charge in [-0.25, -0.2) is 4.98 Å². The van der Waals surface area contributed by atoms with E-state index in [2.05, 4.69) is 10.3 Å². The SMILES string of the molecule is CCC(=O)c1ccc(NCc2nccn2C)cc1. The van der Waals surface area contributed by atoms with Crippen LogP contribution in [0.1, 0.15) is 29.5 Å². The smallest absolute Gasteiger partial charge is 0.162 e. The fourth-order valence-corrected chi connectivity index (χ4v) is 1.73. The number of aromatic nitrogens is 2. The van der Waals surface area contributed by atoms with Crippen molar-refractivity contribution in [3.8, 4) is 0 Å². The van der Waals surface area contributed by atoms with Gasteiger partial charge in [0.25, 0.3) is 0 Å². The Labute approximate surface area is 107 Å². The maximum absolute atomic E-state index is 11.5. The quantitative estimate of drug-likeness (QED) is 0.821. The number of Topliss-reactive ketones (excluding diaryl/α,β-unsaturated/α-hetero) is 1. The van der Waals surface area contributed by atoms with Crippen LogP contribution in [0.3, 0.4) is 0 Å². The van der Waals surface area contributed by atoms with Crippen LogP contribution in [0, 0.1) is 0 Å². The van der Waals surface area contributed by atoms with Crippen molar-refractivity contribution in [3.63, 3.8) is 0 Å². The van der Waals surface area contributed by atoms with E-state index in [9.17, 15) is 4.79 Å². The van der Waals surface area contributed by atoms with Gasteiger partial charge in [-0.05, 0) is 24.3 Å². The van der Waals surface area contributed by atoms with Gasteiger partial charge in [0.1, 0.15) is 5.82 Å². The molecule has 94 valence electrons. The molecule has 0 aliphatic carbocycles. The highest BCUT2D eigenvalue weighted by atomic mass is 16.1. The molecule has 4 nitrogen and oxygen atoms in total. The van der Waals surface area contributed by atoms with Gasteiger partial charge in [-0.3, -0.25) is 4.79 Å². The zero-order chi connectivity index (χ0) is 13.0. The summed E-state index contributed by atoms with van der Waals surface area (Å²) in [6.45, 7) is 2.54. The molecule has 1 aromatic carbocycles. The highest BCUT2D eigenvalue weighted by molar-refractivity contribution is 5.96. The predicted molar refractivity (Wildman–Crippen MR) is 71.6 cm³/mol. The Kier molecular flexibility index (Phi) is 3.77. The molecular formula is C14H17N3O. The molecule has 1 N–H and O–H groups in total. The van der Waals surface area contributed by atoms with E-state index in [1.165, 1.54) is 0 Å². The summed E-state index contributed by atoms with van der Waals surface area (Å²) in [4.78, 5) is 15.7. The third-order valence-electron chi connectivity index (χ3n) is 2.90. The van der Waals surface area contributed by atoms with Crippen LogP contribution in [0.4, 0.5) is 5.69 Å². The summed E-state index contributed by atoms with van der Waals surface area (Å²) in [5, 5.41) is 3.28. The number of anilines is 1. The van der Waals surface area contributed by atoms with Gasteiger partial charge in [-0.15, -0.1) is 0 Å². The van der Waals surface area contributed by atoms with Crippen molar-refractivity contribution in [2.75, 3.05) is 5.32 Å². The van der Waals surface area contributed by atoms with Crippen molar-refractivity contribution in [2.24, 2.45) is 7.05 Å². The Morgan fingerprint density at radius 3 is 2.61 bits per heavy atom. The van der Waals surface area contributed by atoms with Gasteiger partial charge in [0.2, 0.25) is 0 Å². The fourth-order valence-electron chi connectivity index (χ4n) is 1.73. The van der Waals surface area contributed by atoms with Gasteiger partial charge in [0.05, 0.1) is 6.54 Å². The third-order valence-corrected chi connectivity index (χ3v) is 2.90. The number of hydrogen-bond donors (Lipinski definition) is 1. The minimum Gasteiger partial charge on any atom is -0.378 e. The Morgan fingerprint density at radius 1 is 1.33 bits per heavy atom. The highest BCUT2D eigenvalue weighted by Crippen LogP contribution is 2.12. The molecule has 4 heteroatoms. The van der Waals surface area contributed by atoms with Gasteiger partial charge in [-0.1, -0.05) is 6.92 Å². The van der Waals surface area contributed by atoms with Crippen LogP contribution in [0.15, 0.2) is 36.7 Å². The van der Waals surface area contributed by atoms with Gasteiger partial charge < -0.3 is 9.88 Å². The number of imidazole rings is 1. The lowest BCUT2D eigenvalue weighted by Gasteiger charge is -2.07. The van der Waals surface area contributed by atoms with Gasteiger partial charge >= 0.3 is 0 Å². The van der Waals surface area contributed by atoms with Gasteiger partial charge in [-0.2, -0.15) is 0 Å². The molecule has 0 atom stereocenters. The first-order valence-corrected chi connectivity index (χ1v) is 6.04. The zero-order valence-corrected chi connectivity index (χ0v) is 10.7. The minimum absolute atomic E-state index is 0.172. The second kappa shape index (κ2) is 5.49. The second-order valence-corrected chi connectivity index (χ2v) is 4.16. The molecule has 0 aliphatic rings. The summed E-state index contributed by atoms with van der Waals surface area (Å²) in [6.07, 6.45) is 4.24. The van der Waals surface area contributed by atoms with Crippen LogP contribution in [0.5, 0.6) is 0 Å². The normalized spacial score (nSPS) is 10.3. The lowest BCUT2D eigenvalue weighted by atomic mass is 10.1. The topological polar surface area (TPSA) is 46.9 Å². The molecule has 0 bridgehead atoms. The van der Waals surface area contributed by atoms with Crippen molar-refractivity contribution in [2.45, 2.75) is 19.9 Å². The number of benzene rings is 1. The molecule has 0 aliphatic heterocycles. The number of carbonyl (C=O) groups is 1. The van der Waals surface area contributed by atoms with Crippen LogP contribution in [-0.4, -0.2) is 15.3 Å². The number of nitrogens with one attached hydrogen (secondary N) is 1. The average molecular weight is 243 g/mol. The highest BCUT2D eigenvalue weighted by Gasteiger charge is 2.03. The van der Waals surface area contributed by atoms with E-state index in [-0.39, 0.29) is 5.78 Å². The summed E-state index contributed by atoms with van der Waals surface area (Å²) in [5.41, 5.74) is 1.76. The average Bonchev–Trinajstić information content (AvgIpc) is 2.81. The zero-order valence-electron chi connectivity index (χ0n) is 10.7. The fraction of sp³-hybridized carbons (Fsp3) is 0.286. The third kappa shape index (κ3) is 2.77. The number of ketones is 1. The van der Waals surface area contributed by atoms with Gasteiger partial charge in [0.15, 0.2) is 5.78 Å². The molecular weight excluding hydrogens is 226 g/mol. The van der Waals surface area contributed by atoms with Crippen LogP contribution in [-0.2, 0) is 13.6 Å². The van der Waals surface area contributed by atoms with Crippen LogP contribution < -0.4 is 5.32 Å². The summed E-state index contributed by atoms with van der Waals surface area (Å²) in [5.74, 6) is 1.15. The van der Waals surface area contributed by atoms with E-state index in [4.69, 9.17) is 0 Å². The van der Waals surface area contributed by atoms with E-state index in [1.54, 1.807) is 6.20 Å². The van der Waals surface area contributed by atoms with E-state index in [1.807, 2.05) is 49.0 Å². The maximum Gasteiger partial charge on any atom is 0.162 e. The summed E-state index contributed by atoms with van der Waals surface area (Å²) in [6, 6.07) is 7.55. The molecule has 0 unspecified atom stereocenters. The van der Waals surface area contributed by atoms with Gasteiger partial charge in [0, 0.05) is 37.1 Å². The predicted octanol–water partition coefficient (Wildman–Crippen LogP) is 2.62. The Balaban J connectivity index is 1.98. The molecule has 0 saturated carbocycles. The Bertz CT molecular complexity index is 528. The van der Waals surface area contributed by atoms with Crippen molar-refractivity contribution < 1.29 is 4.79 Å². The molecule has 0 saturated heterocycles. The summed E-state index contributed by atoms with van der Waals surface area (Å²) < 4.78 is 1.97. The van der Waals surface area contributed by atoms with E-state index >= 15 is 0 Å². The molecule has 1 heterocycles. The van der Waals surface area contributed by atoms with E-state index < -0.39 is 0 Å². The monoisotopic (exact) mass is 243 g/mol. The first-order valence-electron chi connectivity index (χ1n) is 6.04. The largest absolute Gasteiger partial charge is 0.378 e. The number of carbonyl (C=O) groups excluding carboxylic acids is 1. The van der Waals surface area contributed by atoms with E-state index in [0.717, 1.165) is 17.1 Å². The van der Waals surface area contributed by atoms with Crippen molar-refractivity contribution >= 4 is 11.5 Å². The molecule has 1 aromatic heterocycles. The molecule has 0 radical (unpaired) electrons. The molecule has 0 fully saturated rings. The number of hydrogen-bond acceptors (Lipinski definition) is 3. The Hall–Kier alpha value is -2.10. The first-order chi connectivity index (χ1) is 8.70. The molecule has 0 spiro atoms. The lowest BCUT2D eigenvalue weighted by molar-refractivity contribution is 0.0988. The maximum atomic E-state index is 11.5.